The average Bonchev–Trinajstić information content (AvgIpc) is 2.87. The van der Waals surface area contributed by atoms with Crippen molar-refractivity contribution in [3.8, 4) is 5.75 Å². The van der Waals surface area contributed by atoms with Crippen molar-refractivity contribution in [3.05, 3.63) is 64.0 Å². The van der Waals surface area contributed by atoms with Gasteiger partial charge in [-0.3, -0.25) is 4.79 Å². The molecule has 1 heterocycles. The van der Waals surface area contributed by atoms with Crippen molar-refractivity contribution in [3.63, 3.8) is 0 Å². The maximum atomic E-state index is 12.1. The Labute approximate surface area is 135 Å². The summed E-state index contributed by atoms with van der Waals surface area (Å²) in [6.07, 6.45) is 1.38. The lowest BCUT2D eigenvalue weighted by molar-refractivity contribution is 0.0959. The van der Waals surface area contributed by atoms with Crippen LogP contribution in [0.4, 0.5) is 0 Å². The highest BCUT2D eigenvalue weighted by molar-refractivity contribution is 7.21. The summed E-state index contributed by atoms with van der Waals surface area (Å²) in [7, 11) is 0. The number of para-hydroxylation sites is 1. The minimum Gasteiger partial charge on any atom is -0.507 e. The summed E-state index contributed by atoms with van der Waals surface area (Å²) in [5.74, 6) is -0.279. The lowest BCUT2D eigenvalue weighted by Crippen LogP contribution is -2.16. The number of phenols is 1. The van der Waals surface area contributed by atoms with E-state index in [1.54, 1.807) is 24.3 Å². The average molecular weight is 331 g/mol. The fraction of sp³-hybridized carbons (Fsp3) is 0. The van der Waals surface area contributed by atoms with Gasteiger partial charge in [-0.25, -0.2) is 5.43 Å². The monoisotopic (exact) mass is 330 g/mol. The molecule has 3 rings (SSSR count). The number of hydrogen-bond acceptors (Lipinski definition) is 4. The third-order valence-corrected chi connectivity index (χ3v) is 4.72. The number of nitrogens with zero attached hydrogens (tertiary/aromatic N) is 1. The van der Waals surface area contributed by atoms with E-state index in [-0.39, 0.29) is 11.7 Å². The number of phenolic OH excluding ortho intramolecular Hbond substituents is 1. The first kappa shape index (κ1) is 14.6. The Hall–Kier alpha value is -2.37. The van der Waals surface area contributed by atoms with E-state index < -0.39 is 0 Å². The van der Waals surface area contributed by atoms with Crippen LogP contribution in [0.3, 0.4) is 0 Å². The fourth-order valence-electron chi connectivity index (χ4n) is 1.97. The van der Waals surface area contributed by atoms with Crippen LogP contribution < -0.4 is 5.43 Å². The van der Waals surface area contributed by atoms with Crippen LogP contribution in [-0.4, -0.2) is 17.2 Å². The number of carbonyl (C=O) groups excluding carboxylic acids is 1. The van der Waals surface area contributed by atoms with E-state index in [4.69, 9.17) is 11.6 Å². The largest absolute Gasteiger partial charge is 0.507 e. The zero-order chi connectivity index (χ0) is 15.5. The zero-order valence-electron chi connectivity index (χ0n) is 11.3. The quantitative estimate of drug-likeness (QED) is 0.562. The van der Waals surface area contributed by atoms with Gasteiger partial charge in [-0.05, 0) is 18.2 Å². The number of nitrogens with one attached hydrogen (secondary N) is 1. The normalized spacial score (nSPS) is 11.1. The third kappa shape index (κ3) is 2.81. The molecule has 0 aliphatic rings. The number of benzene rings is 2. The molecule has 1 aromatic heterocycles. The van der Waals surface area contributed by atoms with Crippen molar-refractivity contribution >= 4 is 45.1 Å². The lowest BCUT2D eigenvalue weighted by Gasteiger charge is -1.99. The first-order valence-corrected chi connectivity index (χ1v) is 7.64. The van der Waals surface area contributed by atoms with Gasteiger partial charge in [-0.15, -0.1) is 11.3 Å². The van der Waals surface area contributed by atoms with Crippen LogP contribution in [0.2, 0.25) is 5.02 Å². The number of halogens is 1. The molecule has 0 aliphatic carbocycles. The molecule has 0 radical (unpaired) electrons. The second kappa shape index (κ2) is 6.17. The van der Waals surface area contributed by atoms with Gasteiger partial charge >= 0.3 is 0 Å². The Kier molecular flexibility index (Phi) is 4.09. The van der Waals surface area contributed by atoms with E-state index in [2.05, 4.69) is 10.5 Å². The molecule has 2 N–H and O–H groups in total. The second-order valence-corrected chi connectivity index (χ2v) is 5.93. The minimum absolute atomic E-state index is 0.0976. The third-order valence-electron chi connectivity index (χ3n) is 3.05. The van der Waals surface area contributed by atoms with Crippen LogP contribution >= 0.6 is 22.9 Å². The van der Waals surface area contributed by atoms with Crippen LogP contribution in [0.1, 0.15) is 15.2 Å². The molecule has 2 aromatic carbocycles. The molecule has 0 aliphatic heterocycles. The Morgan fingerprint density at radius 1 is 1.18 bits per heavy atom. The topological polar surface area (TPSA) is 61.7 Å². The van der Waals surface area contributed by atoms with Gasteiger partial charge < -0.3 is 5.11 Å². The smallest absolute Gasteiger partial charge is 0.283 e. The maximum absolute atomic E-state index is 12.1. The number of amides is 1. The van der Waals surface area contributed by atoms with E-state index >= 15 is 0 Å². The molecule has 0 bridgehead atoms. The van der Waals surface area contributed by atoms with E-state index in [0.717, 1.165) is 10.1 Å². The fourth-order valence-corrected chi connectivity index (χ4v) is 3.37. The van der Waals surface area contributed by atoms with Crippen molar-refractivity contribution in [2.24, 2.45) is 5.10 Å². The first-order chi connectivity index (χ1) is 10.7. The van der Waals surface area contributed by atoms with Gasteiger partial charge in [-0.2, -0.15) is 5.10 Å². The van der Waals surface area contributed by atoms with Crippen molar-refractivity contribution in [2.75, 3.05) is 0 Å². The zero-order valence-corrected chi connectivity index (χ0v) is 12.9. The molecule has 110 valence electrons. The van der Waals surface area contributed by atoms with Gasteiger partial charge in [0.1, 0.15) is 10.6 Å². The summed E-state index contributed by atoms with van der Waals surface area (Å²) in [5, 5.41) is 14.7. The summed E-state index contributed by atoms with van der Waals surface area (Å²) in [4.78, 5) is 12.6. The summed E-state index contributed by atoms with van der Waals surface area (Å²) in [6.45, 7) is 0. The molecule has 6 heteroatoms. The number of hydrazone groups is 1. The predicted molar refractivity (Wildman–Crippen MR) is 90.0 cm³/mol. The summed E-state index contributed by atoms with van der Waals surface area (Å²) < 4.78 is 0.947. The Bertz CT molecular complexity index is 873. The van der Waals surface area contributed by atoms with Crippen molar-refractivity contribution < 1.29 is 9.90 Å². The van der Waals surface area contributed by atoms with Crippen molar-refractivity contribution in [1.82, 2.24) is 5.43 Å². The number of rotatable bonds is 3. The number of hydrogen-bond donors (Lipinski definition) is 2. The van der Waals surface area contributed by atoms with Crippen LogP contribution in [0, 0.1) is 0 Å². The highest BCUT2D eigenvalue weighted by Gasteiger charge is 2.16. The molecule has 0 spiro atoms. The molecule has 1 amide bonds. The molecule has 0 unspecified atom stereocenters. The molecule has 0 saturated carbocycles. The second-order valence-electron chi connectivity index (χ2n) is 4.50. The summed E-state index contributed by atoms with van der Waals surface area (Å²) >= 11 is 7.55. The van der Waals surface area contributed by atoms with E-state index in [0.29, 0.717) is 15.5 Å². The van der Waals surface area contributed by atoms with Gasteiger partial charge in [-0.1, -0.05) is 41.9 Å². The molecule has 3 aromatic rings. The minimum atomic E-state index is -0.377. The van der Waals surface area contributed by atoms with E-state index in [9.17, 15) is 9.90 Å². The first-order valence-electron chi connectivity index (χ1n) is 6.45. The van der Waals surface area contributed by atoms with Crippen LogP contribution in [0.25, 0.3) is 10.1 Å². The number of thiophene rings is 1. The Morgan fingerprint density at radius 2 is 1.91 bits per heavy atom. The van der Waals surface area contributed by atoms with E-state index in [1.165, 1.54) is 17.6 Å². The highest BCUT2D eigenvalue weighted by Crippen LogP contribution is 2.34. The van der Waals surface area contributed by atoms with Gasteiger partial charge in [0, 0.05) is 15.6 Å². The maximum Gasteiger partial charge on any atom is 0.283 e. The SMILES string of the molecule is O=C(NN=Cc1ccccc1O)c1sc2ccccc2c1Cl. The van der Waals surface area contributed by atoms with Gasteiger partial charge in [0.2, 0.25) is 0 Å². The van der Waals surface area contributed by atoms with Crippen molar-refractivity contribution in [2.45, 2.75) is 0 Å². The van der Waals surface area contributed by atoms with Gasteiger partial charge in [0.05, 0.1) is 11.2 Å². The molecular formula is C16H11ClN2O2S. The van der Waals surface area contributed by atoms with Crippen molar-refractivity contribution in [1.29, 1.82) is 0 Å². The van der Waals surface area contributed by atoms with Crippen LogP contribution in [0.15, 0.2) is 53.6 Å². The highest BCUT2D eigenvalue weighted by atomic mass is 35.5. The van der Waals surface area contributed by atoms with Crippen LogP contribution in [-0.2, 0) is 0 Å². The molecular weight excluding hydrogens is 320 g/mol. The molecule has 4 nitrogen and oxygen atoms in total. The summed E-state index contributed by atoms with van der Waals surface area (Å²) in [5.41, 5.74) is 2.94. The Morgan fingerprint density at radius 3 is 2.68 bits per heavy atom. The number of fused-ring (bicyclic) bond motifs is 1. The van der Waals surface area contributed by atoms with Gasteiger partial charge in [0.15, 0.2) is 0 Å². The van der Waals surface area contributed by atoms with E-state index in [1.807, 2.05) is 24.3 Å². The molecule has 0 saturated heterocycles. The Balaban J connectivity index is 1.79. The van der Waals surface area contributed by atoms with Gasteiger partial charge in [0.25, 0.3) is 5.91 Å². The summed E-state index contributed by atoms with van der Waals surface area (Å²) in [6, 6.07) is 14.3. The number of aromatic hydroxyl groups is 1. The molecule has 22 heavy (non-hydrogen) atoms. The molecule has 0 atom stereocenters. The van der Waals surface area contributed by atoms with Crippen LogP contribution in [0.5, 0.6) is 5.75 Å². The standard InChI is InChI=1S/C16H11ClN2O2S/c17-14-11-6-2-4-8-13(11)22-15(14)16(21)19-18-9-10-5-1-3-7-12(10)20/h1-9,20H,(H,19,21). The molecule has 0 fully saturated rings. The lowest BCUT2D eigenvalue weighted by atomic mass is 10.2. The predicted octanol–water partition coefficient (Wildman–Crippen LogP) is 4.02. The number of carbonyl (C=O) groups is 1.